The van der Waals surface area contributed by atoms with Crippen LogP contribution in [0.2, 0.25) is 0 Å². The van der Waals surface area contributed by atoms with Crippen molar-refractivity contribution in [3.8, 4) is 0 Å². The van der Waals surface area contributed by atoms with Crippen LogP contribution in [0.4, 0.5) is 13.2 Å². The molecule has 0 aromatic rings. The monoisotopic (exact) mass is 294 g/mol. The van der Waals surface area contributed by atoms with Crippen LogP contribution < -0.4 is 0 Å². The number of alkyl halides is 3. The Bertz CT molecular complexity index is 301. The zero-order chi connectivity index (χ0) is 14.6. The van der Waals surface area contributed by atoms with Gasteiger partial charge < -0.3 is 9.64 Å². The molecule has 0 radical (unpaired) electrons. The summed E-state index contributed by atoms with van der Waals surface area (Å²) in [5.41, 5.74) is 0.229. The Morgan fingerprint density at radius 1 is 1.05 bits per heavy atom. The predicted octanol–water partition coefficient (Wildman–Crippen LogP) is 2.52. The van der Waals surface area contributed by atoms with Crippen LogP contribution in [0, 0.1) is 0 Å². The maximum atomic E-state index is 12.3. The summed E-state index contributed by atoms with van der Waals surface area (Å²) in [5.74, 6) is 0. The molecule has 0 saturated carbocycles. The van der Waals surface area contributed by atoms with Crippen molar-refractivity contribution in [1.29, 1.82) is 0 Å². The third-order valence-electron chi connectivity index (χ3n) is 4.80. The average molecular weight is 294 g/mol. The number of hydrogen-bond acceptors (Lipinski definition) is 3. The Morgan fingerprint density at radius 3 is 2.35 bits per heavy atom. The standard InChI is InChI=1S/C14H25F3N2O/c1-20-12-11-19-7-2-3-13(19)4-8-18(9-5-13)10-6-14(15,16)17/h2-12H2,1H3. The van der Waals surface area contributed by atoms with Crippen LogP contribution in [0.25, 0.3) is 0 Å². The normalized spacial score (nSPS) is 24.6. The highest BCUT2D eigenvalue weighted by atomic mass is 19.4. The van der Waals surface area contributed by atoms with E-state index in [1.165, 1.54) is 12.8 Å². The summed E-state index contributed by atoms with van der Waals surface area (Å²) in [5, 5.41) is 0. The van der Waals surface area contributed by atoms with Crippen molar-refractivity contribution >= 4 is 0 Å². The zero-order valence-electron chi connectivity index (χ0n) is 12.2. The van der Waals surface area contributed by atoms with E-state index in [0.717, 1.165) is 45.6 Å². The molecule has 0 unspecified atom stereocenters. The van der Waals surface area contributed by atoms with Crippen molar-refractivity contribution in [2.75, 3.05) is 46.4 Å². The first-order chi connectivity index (χ1) is 9.45. The molecule has 3 nitrogen and oxygen atoms in total. The minimum absolute atomic E-state index is 0.150. The number of methoxy groups -OCH3 is 1. The molecule has 1 spiro atoms. The van der Waals surface area contributed by atoms with Crippen molar-refractivity contribution in [2.45, 2.75) is 43.8 Å². The summed E-state index contributed by atoms with van der Waals surface area (Å²) in [6.07, 6.45) is -0.348. The summed E-state index contributed by atoms with van der Waals surface area (Å²) in [7, 11) is 1.71. The molecule has 2 rings (SSSR count). The third-order valence-corrected chi connectivity index (χ3v) is 4.80. The molecular formula is C14H25F3N2O. The number of piperidine rings is 1. The molecule has 0 aromatic heterocycles. The Kier molecular flexibility index (Phi) is 5.31. The lowest BCUT2D eigenvalue weighted by atomic mass is 9.85. The zero-order valence-corrected chi connectivity index (χ0v) is 12.2. The summed E-state index contributed by atoms with van der Waals surface area (Å²) in [6.45, 7) is 4.52. The van der Waals surface area contributed by atoms with E-state index in [-0.39, 0.29) is 12.1 Å². The highest BCUT2D eigenvalue weighted by Crippen LogP contribution is 2.38. The smallest absolute Gasteiger partial charge is 0.383 e. The number of rotatable bonds is 5. The van der Waals surface area contributed by atoms with Crippen LogP contribution in [-0.4, -0.2) is 68.0 Å². The molecule has 2 fully saturated rings. The molecule has 2 saturated heterocycles. The highest BCUT2D eigenvalue weighted by Gasteiger charge is 2.42. The van der Waals surface area contributed by atoms with E-state index in [9.17, 15) is 13.2 Å². The predicted molar refractivity (Wildman–Crippen MR) is 71.8 cm³/mol. The second-order valence-corrected chi connectivity index (χ2v) is 6.01. The number of halogens is 3. The van der Waals surface area contributed by atoms with Crippen LogP contribution >= 0.6 is 0 Å². The van der Waals surface area contributed by atoms with E-state index in [4.69, 9.17) is 4.74 Å². The van der Waals surface area contributed by atoms with Gasteiger partial charge in [-0.15, -0.1) is 0 Å². The van der Waals surface area contributed by atoms with Gasteiger partial charge in [-0.1, -0.05) is 0 Å². The molecule has 6 heteroatoms. The average Bonchev–Trinajstić information content (AvgIpc) is 2.78. The summed E-state index contributed by atoms with van der Waals surface area (Å²) in [4.78, 5) is 4.46. The van der Waals surface area contributed by atoms with Crippen LogP contribution in [0.1, 0.15) is 32.1 Å². The molecule has 0 atom stereocenters. The number of likely N-dealkylation sites (tertiary alicyclic amines) is 2. The van der Waals surface area contributed by atoms with E-state index in [1.807, 2.05) is 4.90 Å². The molecule has 0 amide bonds. The van der Waals surface area contributed by atoms with Crippen LogP contribution in [-0.2, 0) is 4.74 Å². The molecule has 20 heavy (non-hydrogen) atoms. The highest BCUT2D eigenvalue weighted by molar-refractivity contribution is 4.99. The lowest BCUT2D eigenvalue weighted by Crippen LogP contribution is -2.53. The van der Waals surface area contributed by atoms with Gasteiger partial charge in [-0.05, 0) is 45.3 Å². The molecule has 2 aliphatic rings. The lowest BCUT2D eigenvalue weighted by molar-refractivity contribution is -0.139. The molecule has 0 bridgehead atoms. The Balaban J connectivity index is 1.80. The summed E-state index contributed by atoms with van der Waals surface area (Å²) < 4.78 is 41.9. The van der Waals surface area contributed by atoms with Gasteiger partial charge >= 0.3 is 6.18 Å². The van der Waals surface area contributed by atoms with Gasteiger partial charge in [0.15, 0.2) is 0 Å². The maximum Gasteiger partial charge on any atom is 0.390 e. The van der Waals surface area contributed by atoms with Crippen molar-refractivity contribution in [3.05, 3.63) is 0 Å². The Labute approximate surface area is 119 Å². The largest absolute Gasteiger partial charge is 0.390 e. The third kappa shape index (κ3) is 4.09. The summed E-state index contributed by atoms with van der Waals surface area (Å²) in [6, 6.07) is 0. The first-order valence-corrected chi connectivity index (χ1v) is 7.48. The molecule has 2 aliphatic heterocycles. The van der Waals surface area contributed by atoms with Crippen molar-refractivity contribution in [3.63, 3.8) is 0 Å². The van der Waals surface area contributed by atoms with Gasteiger partial charge in [0.25, 0.3) is 0 Å². The Hall–Kier alpha value is -0.330. The fourth-order valence-electron chi connectivity index (χ4n) is 3.59. The summed E-state index contributed by atoms with van der Waals surface area (Å²) >= 11 is 0. The van der Waals surface area contributed by atoms with Gasteiger partial charge in [-0.25, -0.2) is 0 Å². The van der Waals surface area contributed by atoms with Crippen LogP contribution in [0.5, 0.6) is 0 Å². The first kappa shape index (κ1) is 16.0. The molecule has 2 heterocycles. The van der Waals surface area contributed by atoms with Crippen molar-refractivity contribution in [1.82, 2.24) is 9.80 Å². The second kappa shape index (κ2) is 6.62. The number of nitrogens with zero attached hydrogens (tertiary/aromatic N) is 2. The van der Waals surface area contributed by atoms with Gasteiger partial charge in [-0.2, -0.15) is 13.2 Å². The van der Waals surface area contributed by atoms with Gasteiger partial charge in [0.2, 0.25) is 0 Å². The van der Waals surface area contributed by atoms with E-state index in [1.54, 1.807) is 7.11 Å². The van der Waals surface area contributed by atoms with E-state index in [2.05, 4.69) is 4.90 Å². The Morgan fingerprint density at radius 2 is 1.75 bits per heavy atom. The van der Waals surface area contributed by atoms with Gasteiger partial charge in [0.1, 0.15) is 0 Å². The van der Waals surface area contributed by atoms with Crippen molar-refractivity contribution in [2.24, 2.45) is 0 Å². The molecular weight excluding hydrogens is 269 g/mol. The van der Waals surface area contributed by atoms with Gasteiger partial charge in [-0.3, -0.25) is 4.90 Å². The number of hydrogen-bond donors (Lipinski definition) is 0. The first-order valence-electron chi connectivity index (χ1n) is 7.48. The molecule has 0 N–H and O–H groups in total. The topological polar surface area (TPSA) is 15.7 Å². The van der Waals surface area contributed by atoms with E-state index < -0.39 is 12.6 Å². The maximum absolute atomic E-state index is 12.3. The minimum atomic E-state index is -4.03. The fourth-order valence-corrected chi connectivity index (χ4v) is 3.59. The molecule has 0 aliphatic carbocycles. The molecule has 0 aromatic carbocycles. The van der Waals surface area contributed by atoms with E-state index in [0.29, 0.717) is 0 Å². The molecule has 118 valence electrons. The van der Waals surface area contributed by atoms with Gasteiger partial charge in [0.05, 0.1) is 13.0 Å². The lowest BCUT2D eigenvalue weighted by Gasteiger charge is -2.45. The quantitative estimate of drug-likeness (QED) is 0.775. The SMILES string of the molecule is COCCN1CCCC12CCN(CCC(F)(F)F)CC2. The van der Waals surface area contributed by atoms with Crippen LogP contribution in [0.3, 0.4) is 0 Å². The number of ether oxygens (including phenoxy) is 1. The van der Waals surface area contributed by atoms with Crippen LogP contribution in [0.15, 0.2) is 0 Å². The second-order valence-electron chi connectivity index (χ2n) is 6.01. The van der Waals surface area contributed by atoms with Gasteiger partial charge in [0, 0.05) is 25.7 Å². The fraction of sp³-hybridized carbons (Fsp3) is 1.00. The van der Waals surface area contributed by atoms with Crippen molar-refractivity contribution < 1.29 is 17.9 Å². The minimum Gasteiger partial charge on any atom is -0.383 e. The van der Waals surface area contributed by atoms with E-state index >= 15 is 0 Å².